The molecule has 0 fully saturated rings. The van der Waals surface area contributed by atoms with Crippen molar-refractivity contribution in [1.82, 2.24) is 5.32 Å². The van der Waals surface area contributed by atoms with Gasteiger partial charge in [-0.1, -0.05) is 30.3 Å². The van der Waals surface area contributed by atoms with Gasteiger partial charge in [0.1, 0.15) is 5.75 Å². The maximum Gasteiger partial charge on any atom is 0.170 e. The van der Waals surface area contributed by atoms with Crippen molar-refractivity contribution in [3.05, 3.63) is 60.2 Å². The van der Waals surface area contributed by atoms with E-state index in [0.29, 0.717) is 17.8 Å². The van der Waals surface area contributed by atoms with Crippen LogP contribution in [0.3, 0.4) is 0 Å². The molecule has 0 radical (unpaired) electrons. The van der Waals surface area contributed by atoms with E-state index in [4.69, 9.17) is 17.0 Å². The number of ether oxygens (including phenoxy) is 1. The van der Waals surface area contributed by atoms with E-state index in [-0.39, 0.29) is 0 Å². The van der Waals surface area contributed by atoms with E-state index < -0.39 is 0 Å². The Kier molecular flexibility index (Phi) is 6.88. The molecular weight excluding hydrogens is 304 g/mol. The van der Waals surface area contributed by atoms with Crippen molar-refractivity contribution in [2.75, 3.05) is 11.9 Å². The molecule has 4 heteroatoms. The van der Waals surface area contributed by atoms with Crippen molar-refractivity contribution in [1.29, 1.82) is 0 Å². The van der Waals surface area contributed by atoms with Crippen molar-refractivity contribution in [2.45, 2.75) is 32.7 Å². The number of nitrogens with one attached hydrogen (secondary N) is 2. The Bertz CT molecular complexity index is 599. The predicted molar refractivity (Wildman–Crippen MR) is 101 cm³/mol. The van der Waals surface area contributed by atoms with Crippen LogP contribution in [0.25, 0.3) is 0 Å². The molecule has 2 aromatic rings. The molecular formula is C19H24N2OS. The maximum atomic E-state index is 5.43. The number of hydrogen-bond donors (Lipinski definition) is 2. The Morgan fingerprint density at radius 1 is 1.09 bits per heavy atom. The van der Waals surface area contributed by atoms with Crippen molar-refractivity contribution < 1.29 is 4.74 Å². The molecule has 2 N–H and O–H groups in total. The molecule has 0 aliphatic carbocycles. The number of thiocarbonyl (C=S) groups is 1. The average molecular weight is 328 g/mol. The largest absolute Gasteiger partial charge is 0.494 e. The van der Waals surface area contributed by atoms with Crippen LogP contribution in [0.15, 0.2) is 54.6 Å². The zero-order valence-electron chi connectivity index (χ0n) is 13.7. The highest BCUT2D eigenvalue weighted by molar-refractivity contribution is 7.80. The summed E-state index contributed by atoms with van der Waals surface area (Å²) in [6.07, 6.45) is 2.08. The number of benzene rings is 2. The first-order chi connectivity index (χ1) is 11.2. The van der Waals surface area contributed by atoms with E-state index in [1.807, 2.05) is 37.3 Å². The SMILES string of the molecule is CCOc1ccc(NC(=S)N[C@@H](C)CCc2ccccc2)cc1. The summed E-state index contributed by atoms with van der Waals surface area (Å²) in [7, 11) is 0. The molecule has 2 aromatic carbocycles. The van der Waals surface area contributed by atoms with Gasteiger partial charge in [0, 0.05) is 11.7 Å². The standard InChI is InChI=1S/C19H24N2OS/c1-3-22-18-13-11-17(12-14-18)21-19(23)20-15(2)9-10-16-7-5-4-6-8-16/h4-8,11-15H,3,9-10H2,1-2H3,(H2,20,21,23)/t15-/m0/s1. The summed E-state index contributed by atoms with van der Waals surface area (Å²) in [6, 6.07) is 18.6. The smallest absolute Gasteiger partial charge is 0.170 e. The van der Waals surface area contributed by atoms with Crippen LogP contribution in [0.4, 0.5) is 5.69 Å². The van der Waals surface area contributed by atoms with Gasteiger partial charge in [0.25, 0.3) is 0 Å². The number of anilines is 1. The van der Waals surface area contributed by atoms with Crippen LogP contribution in [0, 0.1) is 0 Å². The molecule has 122 valence electrons. The van der Waals surface area contributed by atoms with Crippen LogP contribution >= 0.6 is 12.2 Å². The highest BCUT2D eigenvalue weighted by Crippen LogP contribution is 2.15. The molecule has 3 nitrogen and oxygen atoms in total. The third-order valence-corrected chi connectivity index (χ3v) is 3.73. The first-order valence-electron chi connectivity index (χ1n) is 8.01. The summed E-state index contributed by atoms with van der Waals surface area (Å²) in [4.78, 5) is 0. The van der Waals surface area contributed by atoms with E-state index in [0.717, 1.165) is 24.3 Å². The van der Waals surface area contributed by atoms with Crippen molar-refractivity contribution in [3.8, 4) is 5.75 Å². The second-order valence-electron chi connectivity index (χ2n) is 5.48. The van der Waals surface area contributed by atoms with Gasteiger partial charge in [-0.05, 0) is 68.7 Å². The van der Waals surface area contributed by atoms with E-state index in [9.17, 15) is 0 Å². The van der Waals surface area contributed by atoms with Crippen LogP contribution in [-0.4, -0.2) is 17.8 Å². The van der Waals surface area contributed by atoms with Crippen LogP contribution < -0.4 is 15.4 Å². The Hall–Kier alpha value is -2.07. The first kappa shape index (κ1) is 17.3. The van der Waals surface area contributed by atoms with Gasteiger partial charge in [-0.15, -0.1) is 0 Å². The van der Waals surface area contributed by atoms with E-state index in [1.165, 1.54) is 5.56 Å². The van der Waals surface area contributed by atoms with E-state index in [2.05, 4.69) is 41.8 Å². The summed E-state index contributed by atoms with van der Waals surface area (Å²) in [5.41, 5.74) is 2.31. The number of hydrogen-bond acceptors (Lipinski definition) is 2. The van der Waals surface area contributed by atoms with Gasteiger partial charge in [0.05, 0.1) is 6.61 Å². The fourth-order valence-electron chi connectivity index (χ4n) is 2.29. The molecule has 0 unspecified atom stereocenters. The maximum absolute atomic E-state index is 5.43. The Labute approximate surface area is 144 Å². The molecule has 0 saturated heterocycles. The topological polar surface area (TPSA) is 33.3 Å². The van der Waals surface area contributed by atoms with Gasteiger partial charge >= 0.3 is 0 Å². The zero-order chi connectivity index (χ0) is 16.5. The Morgan fingerprint density at radius 2 is 1.78 bits per heavy atom. The quantitative estimate of drug-likeness (QED) is 0.739. The molecule has 0 saturated carbocycles. The molecule has 0 amide bonds. The van der Waals surface area contributed by atoms with Gasteiger partial charge < -0.3 is 15.4 Å². The first-order valence-corrected chi connectivity index (χ1v) is 8.42. The summed E-state index contributed by atoms with van der Waals surface area (Å²) in [5, 5.41) is 7.18. The molecule has 2 rings (SSSR count). The minimum Gasteiger partial charge on any atom is -0.494 e. The molecule has 0 bridgehead atoms. The molecule has 0 aliphatic rings. The molecule has 0 heterocycles. The Morgan fingerprint density at radius 3 is 2.43 bits per heavy atom. The lowest BCUT2D eigenvalue weighted by Crippen LogP contribution is -2.36. The second kappa shape index (κ2) is 9.16. The monoisotopic (exact) mass is 328 g/mol. The molecule has 0 aliphatic heterocycles. The van der Waals surface area contributed by atoms with E-state index >= 15 is 0 Å². The Balaban J connectivity index is 1.75. The van der Waals surface area contributed by atoms with Gasteiger partial charge in [-0.2, -0.15) is 0 Å². The zero-order valence-corrected chi connectivity index (χ0v) is 14.5. The second-order valence-corrected chi connectivity index (χ2v) is 5.89. The fourth-order valence-corrected chi connectivity index (χ4v) is 2.61. The van der Waals surface area contributed by atoms with Gasteiger partial charge in [0.2, 0.25) is 0 Å². The predicted octanol–water partition coefficient (Wildman–Crippen LogP) is 4.39. The van der Waals surface area contributed by atoms with Gasteiger partial charge in [-0.3, -0.25) is 0 Å². The minimum atomic E-state index is 0.318. The minimum absolute atomic E-state index is 0.318. The lowest BCUT2D eigenvalue weighted by Gasteiger charge is -2.17. The van der Waals surface area contributed by atoms with E-state index in [1.54, 1.807) is 0 Å². The van der Waals surface area contributed by atoms with Crippen molar-refractivity contribution in [3.63, 3.8) is 0 Å². The lowest BCUT2D eigenvalue weighted by atomic mass is 10.1. The third kappa shape index (κ3) is 6.28. The summed E-state index contributed by atoms with van der Waals surface area (Å²) >= 11 is 5.37. The number of rotatable bonds is 7. The highest BCUT2D eigenvalue weighted by Gasteiger charge is 2.05. The van der Waals surface area contributed by atoms with Crippen molar-refractivity contribution >= 4 is 23.0 Å². The van der Waals surface area contributed by atoms with Crippen LogP contribution in [0.1, 0.15) is 25.8 Å². The molecule has 1 atom stereocenters. The highest BCUT2D eigenvalue weighted by atomic mass is 32.1. The molecule has 0 aromatic heterocycles. The third-order valence-electron chi connectivity index (χ3n) is 3.51. The lowest BCUT2D eigenvalue weighted by molar-refractivity contribution is 0.340. The van der Waals surface area contributed by atoms with Crippen LogP contribution in [-0.2, 0) is 6.42 Å². The summed E-state index contributed by atoms with van der Waals surface area (Å²) in [5.74, 6) is 0.869. The van der Waals surface area contributed by atoms with Crippen LogP contribution in [0.5, 0.6) is 5.75 Å². The normalized spacial score (nSPS) is 11.6. The fraction of sp³-hybridized carbons (Fsp3) is 0.316. The molecule has 23 heavy (non-hydrogen) atoms. The van der Waals surface area contributed by atoms with Crippen molar-refractivity contribution in [2.24, 2.45) is 0 Å². The van der Waals surface area contributed by atoms with Gasteiger partial charge in [0.15, 0.2) is 5.11 Å². The average Bonchev–Trinajstić information content (AvgIpc) is 2.56. The number of aryl methyl sites for hydroxylation is 1. The molecule has 0 spiro atoms. The van der Waals surface area contributed by atoms with Gasteiger partial charge in [-0.25, -0.2) is 0 Å². The summed E-state index contributed by atoms with van der Waals surface area (Å²) in [6.45, 7) is 4.79. The van der Waals surface area contributed by atoms with Crippen LogP contribution in [0.2, 0.25) is 0 Å². The summed E-state index contributed by atoms with van der Waals surface area (Å²) < 4.78 is 5.43.